The number of carboxylic acid groups (broad SMARTS) is 1. The maximum Gasteiger partial charge on any atom is 0.337 e. The maximum atomic E-state index is 12.4. The number of para-hydroxylation sites is 1. The third-order valence-electron chi connectivity index (χ3n) is 4.31. The Morgan fingerprint density at radius 1 is 0.963 bits per heavy atom. The summed E-state index contributed by atoms with van der Waals surface area (Å²) in [6.45, 7) is 0. The molecule has 0 aliphatic heterocycles. The van der Waals surface area contributed by atoms with Crippen molar-refractivity contribution in [3.05, 3.63) is 87.7 Å². The normalized spacial score (nSPS) is 10.9. The van der Waals surface area contributed by atoms with Crippen LogP contribution in [0.4, 0.5) is 0 Å². The van der Waals surface area contributed by atoms with Crippen molar-refractivity contribution in [1.82, 2.24) is 9.97 Å². The molecule has 0 saturated heterocycles. The SMILES string of the molecule is O=C(O)c1ccc(-c2ccccc2-c2nc3ccccc3c(=O)[nH]2)cc1Cl. The van der Waals surface area contributed by atoms with Crippen molar-refractivity contribution in [2.75, 3.05) is 0 Å². The van der Waals surface area contributed by atoms with Crippen molar-refractivity contribution in [2.45, 2.75) is 0 Å². The van der Waals surface area contributed by atoms with E-state index in [1.54, 1.807) is 30.3 Å². The lowest BCUT2D eigenvalue weighted by Gasteiger charge is -2.11. The molecule has 1 heterocycles. The quantitative estimate of drug-likeness (QED) is 0.547. The summed E-state index contributed by atoms with van der Waals surface area (Å²) in [5.74, 6) is -0.645. The molecule has 1 aromatic heterocycles. The van der Waals surface area contributed by atoms with E-state index >= 15 is 0 Å². The second-order valence-electron chi connectivity index (χ2n) is 5.98. The van der Waals surface area contributed by atoms with Crippen molar-refractivity contribution in [3.8, 4) is 22.5 Å². The van der Waals surface area contributed by atoms with Gasteiger partial charge in [-0.1, -0.05) is 54.1 Å². The second-order valence-corrected chi connectivity index (χ2v) is 6.38. The molecule has 0 fully saturated rings. The van der Waals surface area contributed by atoms with Gasteiger partial charge in [0.1, 0.15) is 5.82 Å². The first-order valence-corrected chi connectivity index (χ1v) is 8.54. The van der Waals surface area contributed by atoms with Gasteiger partial charge in [-0.15, -0.1) is 0 Å². The zero-order valence-electron chi connectivity index (χ0n) is 13.9. The van der Waals surface area contributed by atoms with Crippen LogP contribution in [0, 0.1) is 0 Å². The minimum absolute atomic E-state index is 0.0372. The average Bonchev–Trinajstić information content (AvgIpc) is 2.67. The van der Waals surface area contributed by atoms with Gasteiger partial charge >= 0.3 is 5.97 Å². The molecule has 0 spiro atoms. The molecular formula is C21H13ClN2O3. The van der Waals surface area contributed by atoms with Gasteiger partial charge in [-0.05, 0) is 35.4 Å². The Kier molecular flexibility index (Phi) is 4.22. The predicted octanol–water partition coefficient (Wildman–Crippen LogP) is 4.61. The van der Waals surface area contributed by atoms with Gasteiger partial charge in [-0.3, -0.25) is 4.79 Å². The van der Waals surface area contributed by atoms with E-state index in [2.05, 4.69) is 9.97 Å². The molecule has 6 heteroatoms. The molecule has 0 atom stereocenters. The number of nitrogens with zero attached hydrogens (tertiary/aromatic N) is 1. The number of nitrogens with one attached hydrogen (secondary N) is 1. The highest BCUT2D eigenvalue weighted by Gasteiger charge is 2.14. The molecule has 132 valence electrons. The van der Waals surface area contributed by atoms with Gasteiger partial charge in [-0.2, -0.15) is 0 Å². The molecule has 0 amide bonds. The molecule has 0 bridgehead atoms. The van der Waals surface area contributed by atoms with Gasteiger partial charge in [0.05, 0.1) is 21.5 Å². The zero-order chi connectivity index (χ0) is 19.0. The van der Waals surface area contributed by atoms with Gasteiger partial charge in [0.2, 0.25) is 0 Å². The van der Waals surface area contributed by atoms with Crippen molar-refractivity contribution in [2.24, 2.45) is 0 Å². The summed E-state index contributed by atoms with van der Waals surface area (Å²) in [6, 6.07) is 19.3. The molecule has 0 unspecified atom stereocenters. The summed E-state index contributed by atoms with van der Waals surface area (Å²) in [5, 5.41) is 9.83. The van der Waals surface area contributed by atoms with Crippen molar-refractivity contribution in [3.63, 3.8) is 0 Å². The van der Waals surface area contributed by atoms with Crippen LogP contribution in [0.15, 0.2) is 71.5 Å². The van der Waals surface area contributed by atoms with Crippen molar-refractivity contribution >= 4 is 28.5 Å². The van der Waals surface area contributed by atoms with E-state index in [0.717, 1.165) is 16.7 Å². The molecule has 0 aliphatic carbocycles. The van der Waals surface area contributed by atoms with Crippen molar-refractivity contribution in [1.29, 1.82) is 0 Å². The van der Waals surface area contributed by atoms with E-state index in [1.807, 2.05) is 30.3 Å². The van der Waals surface area contributed by atoms with Crippen LogP contribution >= 0.6 is 11.6 Å². The smallest absolute Gasteiger partial charge is 0.337 e. The number of halogens is 1. The number of hydrogen-bond acceptors (Lipinski definition) is 3. The van der Waals surface area contributed by atoms with E-state index in [4.69, 9.17) is 16.7 Å². The minimum atomic E-state index is -1.08. The number of aromatic nitrogens is 2. The highest BCUT2D eigenvalue weighted by molar-refractivity contribution is 6.33. The van der Waals surface area contributed by atoms with Crippen LogP contribution in [-0.2, 0) is 0 Å². The highest BCUT2D eigenvalue weighted by atomic mass is 35.5. The number of H-pyrrole nitrogens is 1. The number of benzene rings is 3. The van der Waals surface area contributed by atoms with Gasteiger partial charge in [0, 0.05) is 5.56 Å². The molecule has 5 nitrogen and oxygen atoms in total. The van der Waals surface area contributed by atoms with E-state index in [-0.39, 0.29) is 16.1 Å². The molecule has 4 rings (SSSR count). The Morgan fingerprint density at radius 2 is 1.67 bits per heavy atom. The summed E-state index contributed by atoms with van der Waals surface area (Å²) in [7, 11) is 0. The fourth-order valence-electron chi connectivity index (χ4n) is 3.01. The number of hydrogen-bond donors (Lipinski definition) is 2. The Bertz CT molecular complexity index is 1250. The summed E-state index contributed by atoms with van der Waals surface area (Å²) >= 11 is 6.12. The number of carbonyl (C=O) groups is 1. The van der Waals surface area contributed by atoms with Crippen molar-refractivity contribution < 1.29 is 9.90 Å². The lowest BCUT2D eigenvalue weighted by Crippen LogP contribution is -2.09. The summed E-state index contributed by atoms with van der Waals surface area (Å²) in [4.78, 5) is 31.0. The first-order chi connectivity index (χ1) is 13.0. The van der Waals surface area contributed by atoms with Crippen LogP contribution in [0.1, 0.15) is 10.4 Å². The number of aromatic carboxylic acids is 1. The largest absolute Gasteiger partial charge is 0.478 e. The zero-order valence-corrected chi connectivity index (χ0v) is 14.7. The third-order valence-corrected chi connectivity index (χ3v) is 4.62. The Labute approximate surface area is 158 Å². The van der Waals surface area contributed by atoms with E-state index in [0.29, 0.717) is 16.7 Å². The number of carboxylic acids is 1. The highest BCUT2D eigenvalue weighted by Crippen LogP contribution is 2.32. The van der Waals surface area contributed by atoms with Gasteiger partial charge in [-0.25, -0.2) is 9.78 Å². The van der Waals surface area contributed by atoms with Crippen LogP contribution in [0.3, 0.4) is 0 Å². The first-order valence-electron chi connectivity index (χ1n) is 8.16. The third kappa shape index (κ3) is 3.09. The van der Waals surface area contributed by atoms with Gasteiger partial charge in [0.15, 0.2) is 0 Å². The van der Waals surface area contributed by atoms with Gasteiger partial charge in [0.25, 0.3) is 5.56 Å². The standard InChI is InChI=1S/C21H13ClN2O3/c22-17-11-12(9-10-15(17)21(26)27)13-5-1-2-6-14(13)19-23-18-8-4-3-7-16(18)20(25)24-19/h1-11H,(H,26,27)(H,23,24,25). The predicted molar refractivity (Wildman–Crippen MR) is 105 cm³/mol. The maximum absolute atomic E-state index is 12.4. The summed E-state index contributed by atoms with van der Waals surface area (Å²) in [5.41, 5.74) is 2.66. The summed E-state index contributed by atoms with van der Waals surface area (Å²) < 4.78 is 0. The second kappa shape index (κ2) is 6.70. The Balaban J connectivity index is 1.91. The van der Waals surface area contributed by atoms with Crippen LogP contribution < -0.4 is 5.56 Å². The monoisotopic (exact) mass is 376 g/mol. The molecule has 0 saturated carbocycles. The summed E-state index contributed by atoms with van der Waals surface area (Å²) in [6.07, 6.45) is 0. The molecule has 2 N–H and O–H groups in total. The molecule has 0 radical (unpaired) electrons. The number of rotatable bonds is 3. The van der Waals surface area contributed by atoms with Crippen LogP contribution in [-0.4, -0.2) is 21.0 Å². The molecule has 3 aromatic carbocycles. The lowest BCUT2D eigenvalue weighted by molar-refractivity contribution is 0.0697. The fraction of sp³-hybridized carbons (Fsp3) is 0. The van der Waals surface area contributed by atoms with Crippen LogP contribution in [0.5, 0.6) is 0 Å². The average molecular weight is 377 g/mol. The Morgan fingerprint density at radius 3 is 2.41 bits per heavy atom. The first kappa shape index (κ1) is 17.0. The molecule has 27 heavy (non-hydrogen) atoms. The number of aromatic amines is 1. The number of fused-ring (bicyclic) bond motifs is 1. The minimum Gasteiger partial charge on any atom is -0.478 e. The molecule has 0 aliphatic rings. The van der Waals surface area contributed by atoms with E-state index < -0.39 is 5.97 Å². The van der Waals surface area contributed by atoms with E-state index in [9.17, 15) is 9.59 Å². The van der Waals surface area contributed by atoms with Gasteiger partial charge < -0.3 is 10.1 Å². The Hall–Kier alpha value is -3.44. The fourth-order valence-corrected chi connectivity index (χ4v) is 3.27. The molecule has 4 aromatic rings. The topological polar surface area (TPSA) is 83.0 Å². The van der Waals surface area contributed by atoms with Crippen LogP contribution in [0.2, 0.25) is 5.02 Å². The molecular weight excluding hydrogens is 364 g/mol. The van der Waals surface area contributed by atoms with E-state index in [1.165, 1.54) is 6.07 Å². The lowest BCUT2D eigenvalue weighted by atomic mass is 9.98. The van der Waals surface area contributed by atoms with Crippen LogP contribution in [0.25, 0.3) is 33.4 Å².